The van der Waals surface area contributed by atoms with E-state index in [2.05, 4.69) is 13.8 Å². The van der Waals surface area contributed by atoms with Crippen molar-refractivity contribution < 1.29 is 9.53 Å². The lowest BCUT2D eigenvalue weighted by atomic mass is 10.2. The summed E-state index contributed by atoms with van der Waals surface area (Å²) in [5, 5.41) is 0. The normalized spacial score (nSPS) is 18.8. The number of carbonyl (C=O) groups excluding carboxylic acids is 1. The van der Waals surface area contributed by atoms with Gasteiger partial charge >= 0.3 is 6.09 Å². The van der Waals surface area contributed by atoms with Crippen molar-refractivity contribution in [2.45, 2.75) is 18.6 Å². The summed E-state index contributed by atoms with van der Waals surface area (Å²) in [6.07, 6.45) is -0.246. The summed E-state index contributed by atoms with van der Waals surface area (Å²) in [5.74, 6) is 1.57. The number of para-hydroxylation sites is 1. The zero-order chi connectivity index (χ0) is 12.3. The van der Waals surface area contributed by atoms with Gasteiger partial charge in [-0.15, -0.1) is 0 Å². The van der Waals surface area contributed by atoms with Gasteiger partial charge in [0.1, 0.15) is 5.75 Å². The van der Waals surface area contributed by atoms with Crippen molar-refractivity contribution in [2.75, 3.05) is 18.8 Å². The number of benzene rings is 1. The fourth-order valence-corrected chi connectivity index (χ4v) is 2.94. The smallest absolute Gasteiger partial charge is 0.410 e. The molecule has 1 fully saturated rings. The number of hydrogen-bond donors (Lipinski definition) is 0. The van der Waals surface area contributed by atoms with Crippen molar-refractivity contribution in [3.05, 3.63) is 30.3 Å². The highest BCUT2D eigenvalue weighted by molar-refractivity contribution is 8.00. The predicted octanol–water partition coefficient (Wildman–Crippen LogP) is 3.01. The van der Waals surface area contributed by atoms with Crippen molar-refractivity contribution >= 4 is 17.9 Å². The van der Waals surface area contributed by atoms with Crippen molar-refractivity contribution in [1.29, 1.82) is 0 Å². The molecule has 92 valence electrons. The zero-order valence-corrected chi connectivity index (χ0v) is 11.0. The van der Waals surface area contributed by atoms with Crippen molar-refractivity contribution in [1.82, 2.24) is 4.90 Å². The molecule has 0 N–H and O–H groups in total. The number of carbonyl (C=O) groups is 1. The molecule has 1 amide bonds. The molecule has 1 heterocycles. The highest BCUT2D eigenvalue weighted by Crippen LogP contribution is 2.29. The molecule has 1 saturated heterocycles. The number of amides is 1. The molecule has 0 atom stereocenters. The fraction of sp³-hybridized carbons (Fsp3) is 0.462. The lowest BCUT2D eigenvalue weighted by molar-refractivity contribution is 0.150. The van der Waals surface area contributed by atoms with E-state index in [-0.39, 0.29) is 10.8 Å². The van der Waals surface area contributed by atoms with Gasteiger partial charge in [-0.2, -0.15) is 11.8 Å². The Morgan fingerprint density at radius 1 is 1.35 bits per heavy atom. The van der Waals surface area contributed by atoms with Gasteiger partial charge in [-0.05, 0) is 26.0 Å². The summed E-state index contributed by atoms with van der Waals surface area (Å²) >= 11 is 1.90. The Bertz CT molecular complexity index is 392. The number of rotatable bonds is 1. The maximum absolute atomic E-state index is 11.9. The molecule has 1 aromatic carbocycles. The first-order valence-electron chi connectivity index (χ1n) is 5.73. The number of thioether (sulfide) groups is 1. The summed E-state index contributed by atoms with van der Waals surface area (Å²) < 4.78 is 5.44. The van der Waals surface area contributed by atoms with E-state index in [0.717, 1.165) is 18.8 Å². The van der Waals surface area contributed by atoms with E-state index in [9.17, 15) is 4.79 Å². The van der Waals surface area contributed by atoms with Gasteiger partial charge in [0.15, 0.2) is 0 Å². The third-order valence-corrected chi connectivity index (χ3v) is 3.93. The van der Waals surface area contributed by atoms with Gasteiger partial charge in [0, 0.05) is 23.6 Å². The van der Waals surface area contributed by atoms with Crippen LogP contribution in [0.5, 0.6) is 5.75 Å². The van der Waals surface area contributed by atoms with Gasteiger partial charge in [-0.1, -0.05) is 18.2 Å². The molecule has 0 spiro atoms. The Morgan fingerprint density at radius 2 is 2.06 bits per heavy atom. The predicted molar refractivity (Wildman–Crippen MR) is 70.6 cm³/mol. The third kappa shape index (κ3) is 3.40. The minimum absolute atomic E-state index is 0.119. The van der Waals surface area contributed by atoms with Crippen LogP contribution < -0.4 is 4.74 Å². The molecule has 17 heavy (non-hydrogen) atoms. The average Bonchev–Trinajstić information content (AvgIpc) is 2.29. The van der Waals surface area contributed by atoms with E-state index in [1.165, 1.54) is 0 Å². The third-order valence-electron chi connectivity index (χ3n) is 2.63. The van der Waals surface area contributed by atoms with E-state index in [1.54, 1.807) is 17.0 Å². The molecular weight excluding hydrogens is 234 g/mol. The fourth-order valence-electron chi connectivity index (χ4n) is 1.83. The summed E-state index contributed by atoms with van der Waals surface area (Å²) in [6, 6.07) is 9.21. The molecule has 1 aliphatic heterocycles. The van der Waals surface area contributed by atoms with Crippen LogP contribution in [0, 0.1) is 0 Å². The number of nitrogens with zero attached hydrogens (tertiary/aromatic N) is 1. The Balaban J connectivity index is 1.96. The molecule has 3 nitrogen and oxygen atoms in total. The molecule has 0 unspecified atom stereocenters. The second-order valence-electron chi connectivity index (χ2n) is 4.71. The Morgan fingerprint density at radius 3 is 2.71 bits per heavy atom. The first-order valence-corrected chi connectivity index (χ1v) is 6.71. The number of hydrogen-bond acceptors (Lipinski definition) is 3. The van der Waals surface area contributed by atoms with Gasteiger partial charge in [0.25, 0.3) is 0 Å². The maximum Gasteiger partial charge on any atom is 0.415 e. The van der Waals surface area contributed by atoms with Gasteiger partial charge in [0.05, 0.1) is 0 Å². The van der Waals surface area contributed by atoms with Crippen LogP contribution in [-0.4, -0.2) is 34.6 Å². The lowest BCUT2D eigenvalue weighted by Gasteiger charge is -2.36. The molecule has 0 aromatic heterocycles. The quantitative estimate of drug-likeness (QED) is 0.768. The monoisotopic (exact) mass is 251 g/mol. The van der Waals surface area contributed by atoms with Gasteiger partial charge in [0.2, 0.25) is 0 Å². The summed E-state index contributed by atoms with van der Waals surface area (Å²) in [4.78, 5) is 13.7. The Labute approximate surface area is 106 Å². The molecule has 0 saturated carbocycles. The highest BCUT2D eigenvalue weighted by atomic mass is 32.2. The number of ether oxygens (including phenoxy) is 1. The molecule has 1 aromatic rings. The first kappa shape index (κ1) is 12.3. The molecule has 0 radical (unpaired) electrons. The van der Waals surface area contributed by atoms with Gasteiger partial charge < -0.3 is 9.64 Å². The second-order valence-corrected chi connectivity index (χ2v) is 6.51. The second kappa shape index (κ2) is 5.00. The van der Waals surface area contributed by atoms with Crippen LogP contribution in [-0.2, 0) is 0 Å². The van der Waals surface area contributed by atoms with Crippen LogP contribution >= 0.6 is 11.8 Å². The van der Waals surface area contributed by atoms with Crippen LogP contribution in [0.25, 0.3) is 0 Å². The first-order chi connectivity index (χ1) is 8.07. The molecular formula is C13H17NO2S. The minimum atomic E-state index is -0.246. The highest BCUT2D eigenvalue weighted by Gasteiger charge is 2.30. The minimum Gasteiger partial charge on any atom is -0.410 e. The van der Waals surface area contributed by atoms with E-state index >= 15 is 0 Å². The standard InChI is InChI=1S/C13H17NO2S/c1-13(2)10-14(8-9-17-13)12(15)16-11-6-4-3-5-7-11/h3-7H,8-10H2,1-2H3. The van der Waals surface area contributed by atoms with Crippen molar-refractivity contribution in [2.24, 2.45) is 0 Å². The van der Waals surface area contributed by atoms with Crippen LogP contribution in [0.2, 0.25) is 0 Å². The summed E-state index contributed by atoms with van der Waals surface area (Å²) in [7, 11) is 0. The SMILES string of the molecule is CC1(C)CN(C(=O)Oc2ccccc2)CCS1. The zero-order valence-electron chi connectivity index (χ0n) is 10.2. The van der Waals surface area contributed by atoms with E-state index in [4.69, 9.17) is 4.74 Å². The molecule has 1 aliphatic rings. The van der Waals surface area contributed by atoms with Crippen molar-refractivity contribution in [3.8, 4) is 5.75 Å². The molecule has 0 bridgehead atoms. The molecule has 4 heteroatoms. The van der Waals surface area contributed by atoms with E-state index in [0.29, 0.717) is 5.75 Å². The average molecular weight is 251 g/mol. The van der Waals surface area contributed by atoms with Crippen molar-refractivity contribution in [3.63, 3.8) is 0 Å². The molecule has 0 aliphatic carbocycles. The van der Waals surface area contributed by atoms with Crippen LogP contribution in [0.4, 0.5) is 4.79 Å². The Kier molecular flexibility index (Phi) is 3.62. The Hall–Kier alpha value is -1.16. The summed E-state index contributed by atoms with van der Waals surface area (Å²) in [5.41, 5.74) is 0. The van der Waals surface area contributed by atoms with Gasteiger partial charge in [-0.3, -0.25) is 0 Å². The molecule has 2 rings (SSSR count). The van der Waals surface area contributed by atoms with Crippen LogP contribution in [0.3, 0.4) is 0 Å². The maximum atomic E-state index is 11.9. The van der Waals surface area contributed by atoms with Gasteiger partial charge in [-0.25, -0.2) is 4.79 Å². The van der Waals surface area contributed by atoms with E-state index in [1.807, 2.05) is 30.0 Å². The van der Waals surface area contributed by atoms with E-state index < -0.39 is 0 Å². The lowest BCUT2D eigenvalue weighted by Crippen LogP contribution is -2.47. The van der Waals surface area contributed by atoms with Crippen LogP contribution in [0.15, 0.2) is 30.3 Å². The largest absolute Gasteiger partial charge is 0.415 e. The topological polar surface area (TPSA) is 29.5 Å². The van der Waals surface area contributed by atoms with Crippen LogP contribution in [0.1, 0.15) is 13.8 Å². The summed E-state index contributed by atoms with van der Waals surface area (Å²) in [6.45, 7) is 5.81.